The van der Waals surface area contributed by atoms with E-state index < -0.39 is 27.3 Å². The fourth-order valence-corrected chi connectivity index (χ4v) is 4.00. The number of sulfone groups is 1. The number of hydrazine groups is 1. The van der Waals surface area contributed by atoms with Gasteiger partial charge in [-0.15, -0.1) is 0 Å². The lowest BCUT2D eigenvalue weighted by Gasteiger charge is -2.06. The van der Waals surface area contributed by atoms with E-state index in [0.717, 1.165) is 11.3 Å². The van der Waals surface area contributed by atoms with E-state index in [4.69, 9.17) is 0 Å². The molecule has 0 spiro atoms. The number of thiazole rings is 1. The fraction of sp³-hybridized carbons (Fsp3) is 0.0667. The van der Waals surface area contributed by atoms with Crippen LogP contribution in [0.1, 0.15) is 0 Å². The maximum atomic E-state index is 13.6. The highest BCUT2D eigenvalue weighted by molar-refractivity contribution is 7.92. The van der Waals surface area contributed by atoms with Crippen molar-refractivity contribution in [1.29, 1.82) is 0 Å². The van der Waals surface area contributed by atoms with Gasteiger partial charge in [0.2, 0.25) is 5.13 Å². The van der Waals surface area contributed by atoms with Crippen molar-refractivity contribution in [1.82, 2.24) is 10.4 Å². The van der Waals surface area contributed by atoms with Gasteiger partial charge < -0.3 is 0 Å². The average Bonchev–Trinajstić information content (AvgIpc) is 2.98. The summed E-state index contributed by atoms with van der Waals surface area (Å²) in [5, 5.41) is 0.264. The molecule has 0 aliphatic rings. The molecule has 2 N–H and O–H groups in total. The molecular formula is C15H12FN3O3S2. The highest BCUT2D eigenvalue weighted by Crippen LogP contribution is 2.26. The summed E-state index contributed by atoms with van der Waals surface area (Å²) in [6, 6.07) is 12.2. The van der Waals surface area contributed by atoms with Crippen LogP contribution in [0, 0.1) is 5.82 Å². The number of para-hydroxylation sites is 1. The van der Waals surface area contributed by atoms with Crippen molar-refractivity contribution in [3.8, 4) is 0 Å². The average molecular weight is 365 g/mol. The Morgan fingerprint density at radius 1 is 1.12 bits per heavy atom. The Morgan fingerprint density at radius 3 is 2.58 bits per heavy atom. The number of nitrogens with one attached hydrogen (secondary N) is 2. The van der Waals surface area contributed by atoms with Gasteiger partial charge in [0.25, 0.3) is 5.91 Å². The molecule has 0 unspecified atom stereocenters. The maximum Gasteiger partial charge on any atom is 0.253 e. The van der Waals surface area contributed by atoms with Crippen LogP contribution in [0.15, 0.2) is 53.4 Å². The van der Waals surface area contributed by atoms with E-state index >= 15 is 0 Å². The van der Waals surface area contributed by atoms with Crippen LogP contribution in [0.4, 0.5) is 9.52 Å². The molecule has 0 saturated carbocycles. The van der Waals surface area contributed by atoms with Gasteiger partial charge in [0.1, 0.15) is 17.1 Å². The quantitative estimate of drug-likeness (QED) is 0.678. The van der Waals surface area contributed by atoms with E-state index in [1.54, 1.807) is 30.3 Å². The molecule has 9 heteroatoms. The van der Waals surface area contributed by atoms with Crippen LogP contribution < -0.4 is 10.9 Å². The Hall–Kier alpha value is -2.52. The van der Waals surface area contributed by atoms with Crippen LogP contribution in [0.2, 0.25) is 0 Å². The van der Waals surface area contributed by atoms with Gasteiger partial charge >= 0.3 is 0 Å². The van der Waals surface area contributed by atoms with E-state index in [9.17, 15) is 17.6 Å². The van der Waals surface area contributed by atoms with Crippen molar-refractivity contribution < 1.29 is 17.6 Å². The summed E-state index contributed by atoms with van der Waals surface area (Å²) in [5.41, 5.74) is 4.97. The maximum absolute atomic E-state index is 13.6. The van der Waals surface area contributed by atoms with Gasteiger partial charge in [-0.3, -0.25) is 15.6 Å². The van der Waals surface area contributed by atoms with Crippen molar-refractivity contribution in [2.75, 3.05) is 11.2 Å². The Bertz CT molecular complexity index is 988. The molecule has 1 heterocycles. The minimum atomic E-state index is -3.72. The first kappa shape index (κ1) is 16.3. The minimum absolute atomic E-state index is 0.0715. The third-order valence-electron chi connectivity index (χ3n) is 3.10. The number of fused-ring (bicyclic) bond motifs is 1. The number of nitrogens with zero attached hydrogens (tertiary/aromatic N) is 1. The number of benzene rings is 2. The Labute approximate surface area is 141 Å². The van der Waals surface area contributed by atoms with Gasteiger partial charge in [-0.05, 0) is 24.3 Å². The summed E-state index contributed by atoms with van der Waals surface area (Å²) in [5.74, 6) is -1.91. The normalized spacial score (nSPS) is 11.4. The first-order valence-electron chi connectivity index (χ1n) is 6.83. The summed E-state index contributed by atoms with van der Waals surface area (Å²) >= 11 is 1.14. The summed E-state index contributed by atoms with van der Waals surface area (Å²) in [7, 11) is -3.72. The Morgan fingerprint density at radius 2 is 1.88 bits per heavy atom. The molecule has 0 bridgehead atoms. The lowest BCUT2D eigenvalue weighted by Crippen LogP contribution is -2.34. The summed E-state index contributed by atoms with van der Waals surface area (Å²) in [6.07, 6.45) is 0. The zero-order valence-electron chi connectivity index (χ0n) is 12.2. The van der Waals surface area contributed by atoms with E-state index in [2.05, 4.69) is 15.8 Å². The van der Waals surface area contributed by atoms with Crippen molar-refractivity contribution in [3.05, 3.63) is 54.3 Å². The largest absolute Gasteiger partial charge is 0.273 e. The second-order valence-electron chi connectivity index (χ2n) is 4.85. The SMILES string of the molecule is O=C(CS(=O)(=O)c1ccccc1)NNc1nc2c(F)cccc2s1. The number of anilines is 1. The third kappa shape index (κ3) is 3.52. The molecule has 0 aliphatic carbocycles. The van der Waals surface area contributed by atoms with Crippen molar-refractivity contribution in [2.24, 2.45) is 0 Å². The first-order valence-corrected chi connectivity index (χ1v) is 9.30. The molecule has 1 amide bonds. The molecule has 0 aliphatic heterocycles. The molecule has 0 fully saturated rings. The molecule has 3 aromatic rings. The highest BCUT2D eigenvalue weighted by atomic mass is 32.2. The van der Waals surface area contributed by atoms with Crippen LogP contribution in [-0.2, 0) is 14.6 Å². The number of hydrogen-bond acceptors (Lipinski definition) is 6. The second kappa shape index (κ2) is 6.54. The summed E-state index contributed by atoms with van der Waals surface area (Å²) in [6.45, 7) is 0. The molecule has 6 nitrogen and oxygen atoms in total. The lowest BCUT2D eigenvalue weighted by molar-refractivity contribution is -0.118. The van der Waals surface area contributed by atoms with Crippen LogP contribution in [-0.4, -0.2) is 25.1 Å². The van der Waals surface area contributed by atoms with Crippen LogP contribution in [0.25, 0.3) is 10.2 Å². The lowest BCUT2D eigenvalue weighted by atomic mass is 10.3. The molecular weight excluding hydrogens is 353 g/mol. The molecule has 1 aromatic heterocycles. The standard InChI is InChI=1S/C15H12FN3O3S2/c16-11-7-4-8-12-14(11)17-15(23-12)19-18-13(20)9-24(21,22)10-5-2-1-3-6-10/h1-8H,9H2,(H,17,19)(H,18,20). The van der Waals surface area contributed by atoms with Gasteiger partial charge in [0.15, 0.2) is 9.84 Å². The zero-order chi connectivity index (χ0) is 17.2. The Kier molecular flexibility index (Phi) is 4.45. The topological polar surface area (TPSA) is 88.2 Å². The monoisotopic (exact) mass is 365 g/mol. The molecule has 2 aromatic carbocycles. The van der Waals surface area contributed by atoms with Gasteiger partial charge in [-0.25, -0.2) is 17.8 Å². The zero-order valence-corrected chi connectivity index (χ0v) is 13.8. The van der Waals surface area contributed by atoms with E-state index in [1.165, 1.54) is 18.2 Å². The second-order valence-corrected chi connectivity index (χ2v) is 7.87. The van der Waals surface area contributed by atoms with Crippen LogP contribution in [0.3, 0.4) is 0 Å². The molecule has 0 saturated heterocycles. The van der Waals surface area contributed by atoms with E-state index in [-0.39, 0.29) is 15.5 Å². The fourth-order valence-electron chi connectivity index (χ4n) is 2.01. The number of halogens is 1. The van der Waals surface area contributed by atoms with Crippen LogP contribution >= 0.6 is 11.3 Å². The van der Waals surface area contributed by atoms with Crippen molar-refractivity contribution in [3.63, 3.8) is 0 Å². The van der Waals surface area contributed by atoms with E-state index in [1.807, 2.05) is 0 Å². The van der Waals surface area contributed by atoms with Gasteiger partial charge in [0.05, 0.1) is 9.60 Å². The molecule has 124 valence electrons. The number of hydrogen-bond donors (Lipinski definition) is 2. The molecule has 0 atom stereocenters. The predicted molar refractivity (Wildman–Crippen MR) is 89.8 cm³/mol. The molecule has 0 radical (unpaired) electrons. The minimum Gasteiger partial charge on any atom is -0.273 e. The number of amides is 1. The molecule has 3 rings (SSSR count). The van der Waals surface area contributed by atoms with Crippen LogP contribution in [0.5, 0.6) is 0 Å². The van der Waals surface area contributed by atoms with E-state index in [0.29, 0.717) is 4.70 Å². The summed E-state index contributed by atoms with van der Waals surface area (Å²) in [4.78, 5) is 15.9. The van der Waals surface area contributed by atoms with Gasteiger partial charge in [-0.1, -0.05) is 35.6 Å². The van der Waals surface area contributed by atoms with Crippen molar-refractivity contribution in [2.45, 2.75) is 4.90 Å². The number of rotatable bonds is 5. The summed E-state index contributed by atoms with van der Waals surface area (Å²) < 4.78 is 38.3. The third-order valence-corrected chi connectivity index (χ3v) is 5.67. The highest BCUT2D eigenvalue weighted by Gasteiger charge is 2.19. The predicted octanol–water partition coefficient (Wildman–Crippen LogP) is 2.35. The first-order chi connectivity index (χ1) is 11.5. The Balaban J connectivity index is 1.66. The number of carbonyl (C=O) groups excluding carboxylic acids is 1. The van der Waals surface area contributed by atoms with Crippen molar-refractivity contribution >= 4 is 42.4 Å². The smallest absolute Gasteiger partial charge is 0.253 e. The van der Waals surface area contributed by atoms with Gasteiger partial charge in [-0.2, -0.15) is 0 Å². The molecule has 24 heavy (non-hydrogen) atoms. The number of carbonyl (C=O) groups is 1. The number of aromatic nitrogens is 1. The van der Waals surface area contributed by atoms with Gasteiger partial charge in [0, 0.05) is 0 Å².